The Morgan fingerprint density at radius 3 is 2.61 bits per heavy atom. The van der Waals surface area contributed by atoms with Gasteiger partial charge in [0.05, 0.1) is 28.0 Å². The first-order chi connectivity index (χ1) is 11.2. The summed E-state index contributed by atoms with van der Waals surface area (Å²) in [5, 5.41) is 8.86. The molecule has 0 radical (unpaired) electrons. The number of hydrogen-bond acceptors (Lipinski definition) is 3. The van der Waals surface area contributed by atoms with Crippen LogP contribution in [0.5, 0.6) is 5.75 Å². The highest BCUT2D eigenvalue weighted by Crippen LogP contribution is 2.47. The Morgan fingerprint density at radius 2 is 1.96 bits per heavy atom. The van der Waals surface area contributed by atoms with E-state index in [9.17, 15) is 0 Å². The van der Waals surface area contributed by atoms with E-state index in [1.807, 2.05) is 12.1 Å². The number of benzene rings is 1. The third-order valence-corrected chi connectivity index (χ3v) is 5.27. The molecule has 0 aliphatic carbocycles. The summed E-state index contributed by atoms with van der Waals surface area (Å²) in [6, 6.07) is 3.80. The van der Waals surface area contributed by atoms with Crippen LogP contribution in [0.1, 0.15) is 37.8 Å². The zero-order chi connectivity index (χ0) is 16.0. The summed E-state index contributed by atoms with van der Waals surface area (Å²) in [6.07, 6.45) is 3.33. The van der Waals surface area contributed by atoms with Crippen molar-refractivity contribution in [2.24, 2.45) is 0 Å². The summed E-state index contributed by atoms with van der Waals surface area (Å²) in [7, 11) is 0. The zero-order valence-electron chi connectivity index (χ0n) is 13.0. The molecular weight excluding hydrogens is 333 g/mol. The fourth-order valence-electron chi connectivity index (χ4n) is 3.59. The first-order valence-corrected chi connectivity index (χ1v) is 8.90. The standard InChI is InChI=1S/C17H19Cl2N3O/c1-2-7-23-17-12(18)8-11(9-13(17)19)15-16-14(20-21-15)10-3-5-22(16)6-4-10/h8-10H,2-7H2,1H3,(H,20,21). The van der Waals surface area contributed by atoms with E-state index in [4.69, 9.17) is 27.9 Å². The lowest BCUT2D eigenvalue weighted by Gasteiger charge is -2.40. The molecule has 3 aliphatic rings. The van der Waals surface area contributed by atoms with Gasteiger partial charge in [0.1, 0.15) is 5.69 Å². The number of fused-ring (bicyclic) bond motifs is 2. The molecule has 1 aromatic carbocycles. The number of halogens is 2. The van der Waals surface area contributed by atoms with Crippen LogP contribution in [-0.4, -0.2) is 29.9 Å². The minimum atomic E-state index is 0.536. The number of nitrogens with one attached hydrogen (secondary N) is 1. The second-order valence-electron chi connectivity index (χ2n) is 6.21. The third-order valence-electron chi connectivity index (χ3n) is 4.71. The highest BCUT2D eigenvalue weighted by atomic mass is 35.5. The van der Waals surface area contributed by atoms with Gasteiger partial charge >= 0.3 is 0 Å². The van der Waals surface area contributed by atoms with Gasteiger partial charge in [-0.15, -0.1) is 0 Å². The smallest absolute Gasteiger partial charge is 0.156 e. The summed E-state index contributed by atoms with van der Waals surface area (Å²) in [5.74, 6) is 1.17. The average Bonchev–Trinajstić information content (AvgIpc) is 3.02. The van der Waals surface area contributed by atoms with Crippen LogP contribution in [-0.2, 0) is 0 Å². The van der Waals surface area contributed by atoms with Crippen molar-refractivity contribution in [2.45, 2.75) is 32.1 Å². The summed E-state index contributed by atoms with van der Waals surface area (Å²) in [5.41, 5.74) is 4.36. The van der Waals surface area contributed by atoms with Crippen molar-refractivity contribution in [3.63, 3.8) is 0 Å². The van der Waals surface area contributed by atoms with Crippen molar-refractivity contribution in [3.05, 3.63) is 27.9 Å². The third kappa shape index (κ3) is 2.48. The number of H-pyrrole nitrogens is 1. The maximum absolute atomic E-state index is 6.39. The molecule has 2 aromatic rings. The van der Waals surface area contributed by atoms with Gasteiger partial charge in [-0.3, -0.25) is 5.10 Å². The van der Waals surface area contributed by atoms with E-state index in [-0.39, 0.29) is 0 Å². The number of aromatic amines is 1. The number of aromatic nitrogens is 2. The van der Waals surface area contributed by atoms with E-state index >= 15 is 0 Å². The van der Waals surface area contributed by atoms with E-state index < -0.39 is 0 Å². The van der Waals surface area contributed by atoms with E-state index in [0.29, 0.717) is 28.3 Å². The highest BCUT2D eigenvalue weighted by molar-refractivity contribution is 6.37. The Labute approximate surface area is 145 Å². The topological polar surface area (TPSA) is 41.1 Å². The van der Waals surface area contributed by atoms with Gasteiger partial charge in [0, 0.05) is 24.6 Å². The van der Waals surface area contributed by atoms with Crippen LogP contribution in [0.15, 0.2) is 12.1 Å². The van der Waals surface area contributed by atoms with Crippen LogP contribution in [0, 0.1) is 0 Å². The zero-order valence-corrected chi connectivity index (χ0v) is 14.5. The predicted molar refractivity (Wildman–Crippen MR) is 94.0 cm³/mol. The summed E-state index contributed by atoms with van der Waals surface area (Å²) in [6.45, 7) is 4.86. The number of nitrogens with zero attached hydrogens (tertiary/aromatic N) is 2. The average molecular weight is 352 g/mol. The van der Waals surface area contributed by atoms with Gasteiger partial charge in [-0.1, -0.05) is 30.1 Å². The normalized spacial score (nSPS) is 16.7. The summed E-state index contributed by atoms with van der Waals surface area (Å²) >= 11 is 12.8. The molecular formula is C17H19Cl2N3O. The molecule has 1 fully saturated rings. The lowest BCUT2D eigenvalue weighted by molar-refractivity contribution is 0.318. The van der Waals surface area contributed by atoms with Crippen LogP contribution < -0.4 is 9.64 Å². The van der Waals surface area contributed by atoms with Crippen molar-refractivity contribution in [1.29, 1.82) is 0 Å². The molecule has 4 heterocycles. The van der Waals surface area contributed by atoms with Crippen molar-refractivity contribution in [1.82, 2.24) is 10.2 Å². The Kier molecular flexibility index (Phi) is 3.90. The van der Waals surface area contributed by atoms with Gasteiger partial charge < -0.3 is 9.64 Å². The largest absolute Gasteiger partial charge is 0.490 e. The minimum Gasteiger partial charge on any atom is -0.490 e. The Morgan fingerprint density at radius 1 is 1.26 bits per heavy atom. The number of anilines is 1. The van der Waals surface area contributed by atoms with E-state index in [2.05, 4.69) is 22.0 Å². The minimum absolute atomic E-state index is 0.536. The Hall–Kier alpha value is -1.39. The summed E-state index contributed by atoms with van der Waals surface area (Å²) in [4.78, 5) is 2.41. The molecule has 23 heavy (non-hydrogen) atoms. The van der Waals surface area contributed by atoms with Gasteiger partial charge in [0.25, 0.3) is 0 Å². The van der Waals surface area contributed by atoms with Gasteiger partial charge in [-0.2, -0.15) is 5.10 Å². The molecule has 1 aromatic heterocycles. The fraction of sp³-hybridized carbons (Fsp3) is 0.471. The number of piperidine rings is 1. The maximum Gasteiger partial charge on any atom is 0.156 e. The monoisotopic (exact) mass is 351 g/mol. The van der Waals surface area contributed by atoms with Crippen LogP contribution in [0.3, 0.4) is 0 Å². The maximum atomic E-state index is 6.39. The number of hydrogen-bond donors (Lipinski definition) is 1. The van der Waals surface area contributed by atoms with Crippen molar-refractivity contribution in [2.75, 3.05) is 24.6 Å². The van der Waals surface area contributed by atoms with Crippen molar-refractivity contribution >= 4 is 28.9 Å². The van der Waals surface area contributed by atoms with Crippen LogP contribution in [0.4, 0.5) is 5.69 Å². The predicted octanol–water partition coefficient (Wildman–Crippen LogP) is 4.87. The van der Waals surface area contributed by atoms with Crippen LogP contribution >= 0.6 is 23.2 Å². The molecule has 0 spiro atoms. The molecule has 0 unspecified atom stereocenters. The first-order valence-electron chi connectivity index (χ1n) is 8.14. The lowest BCUT2D eigenvalue weighted by Crippen LogP contribution is -2.38. The van der Waals surface area contributed by atoms with Crippen LogP contribution in [0.25, 0.3) is 11.3 Å². The Bertz CT molecular complexity index is 712. The van der Waals surface area contributed by atoms with Crippen LogP contribution in [0.2, 0.25) is 10.0 Å². The SMILES string of the molecule is CCCOc1c(Cl)cc(-c2n[nH]c3c2N2CCC3CC2)cc1Cl. The quantitative estimate of drug-likeness (QED) is 0.854. The molecule has 6 heteroatoms. The van der Waals surface area contributed by atoms with E-state index in [0.717, 1.165) is 30.8 Å². The van der Waals surface area contributed by atoms with Gasteiger partial charge in [0.2, 0.25) is 0 Å². The number of ether oxygens (including phenoxy) is 1. The molecule has 1 saturated heterocycles. The Balaban J connectivity index is 1.75. The van der Waals surface area contributed by atoms with Crippen molar-refractivity contribution < 1.29 is 4.74 Å². The number of rotatable bonds is 4. The first kappa shape index (κ1) is 15.2. The van der Waals surface area contributed by atoms with E-state index in [1.54, 1.807) is 0 Å². The molecule has 2 bridgehead atoms. The second-order valence-corrected chi connectivity index (χ2v) is 7.03. The van der Waals surface area contributed by atoms with Crippen molar-refractivity contribution in [3.8, 4) is 17.0 Å². The molecule has 5 rings (SSSR count). The van der Waals surface area contributed by atoms with Gasteiger partial charge in [0.15, 0.2) is 5.75 Å². The summed E-state index contributed by atoms with van der Waals surface area (Å²) < 4.78 is 5.65. The molecule has 3 aliphatic heterocycles. The second kappa shape index (κ2) is 5.91. The molecule has 0 atom stereocenters. The molecule has 1 N–H and O–H groups in total. The van der Waals surface area contributed by atoms with E-state index in [1.165, 1.54) is 24.2 Å². The molecule has 0 amide bonds. The fourth-order valence-corrected chi connectivity index (χ4v) is 4.18. The lowest BCUT2D eigenvalue weighted by atomic mass is 9.86. The van der Waals surface area contributed by atoms with Gasteiger partial charge in [-0.05, 0) is 31.4 Å². The molecule has 0 saturated carbocycles. The molecule has 122 valence electrons. The van der Waals surface area contributed by atoms with Gasteiger partial charge in [-0.25, -0.2) is 0 Å². The molecule has 4 nitrogen and oxygen atoms in total. The highest BCUT2D eigenvalue weighted by Gasteiger charge is 2.35.